The van der Waals surface area contributed by atoms with Crippen molar-refractivity contribution >= 4 is 39.2 Å². The molecule has 2 N–H and O–H groups in total. The Morgan fingerprint density at radius 2 is 2.03 bits per heavy atom. The highest BCUT2D eigenvalue weighted by Crippen LogP contribution is 2.42. The Labute approximate surface area is 223 Å². The van der Waals surface area contributed by atoms with E-state index in [1.165, 1.54) is 0 Å². The van der Waals surface area contributed by atoms with Gasteiger partial charge in [-0.25, -0.2) is 14.4 Å². The number of halogens is 2. The topological polar surface area (TPSA) is 105 Å². The molecule has 38 heavy (non-hydrogen) atoms. The molecule has 11 heteroatoms. The third-order valence-electron chi connectivity index (χ3n) is 6.87. The summed E-state index contributed by atoms with van der Waals surface area (Å²) in [6.45, 7) is 6.54. The van der Waals surface area contributed by atoms with Crippen LogP contribution < -0.4 is 15.0 Å². The van der Waals surface area contributed by atoms with Crippen molar-refractivity contribution in [3.8, 4) is 17.1 Å². The largest absolute Gasteiger partial charge is 0.463 e. The van der Waals surface area contributed by atoms with Crippen molar-refractivity contribution in [2.75, 3.05) is 31.1 Å². The molecular weight excluding hydrogens is 507 g/mol. The first kappa shape index (κ1) is 24.4. The Morgan fingerprint density at radius 1 is 1.18 bits per heavy atom. The van der Waals surface area contributed by atoms with E-state index in [2.05, 4.69) is 42.3 Å². The third-order valence-corrected chi connectivity index (χ3v) is 7.17. The molecule has 0 spiro atoms. The second-order valence-corrected chi connectivity index (χ2v) is 9.78. The molecular formula is C27H26ClFN8O. The van der Waals surface area contributed by atoms with Crippen molar-refractivity contribution in [1.29, 1.82) is 0 Å². The minimum absolute atomic E-state index is 0.0952. The van der Waals surface area contributed by atoms with Crippen LogP contribution in [0.4, 0.5) is 10.2 Å². The molecule has 9 nitrogen and oxygen atoms in total. The van der Waals surface area contributed by atoms with Gasteiger partial charge in [0.2, 0.25) is 0 Å². The number of hydrogen-bond donors (Lipinski definition) is 2. The number of rotatable bonds is 6. The molecule has 1 aliphatic rings. The van der Waals surface area contributed by atoms with Gasteiger partial charge in [0.05, 0.1) is 23.3 Å². The van der Waals surface area contributed by atoms with Crippen LogP contribution in [0.1, 0.15) is 18.3 Å². The maximum atomic E-state index is 16.5. The zero-order valence-electron chi connectivity index (χ0n) is 21.0. The van der Waals surface area contributed by atoms with Crippen molar-refractivity contribution < 1.29 is 9.13 Å². The van der Waals surface area contributed by atoms with E-state index < -0.39 is 5.82 Å². The number of fused-ring (bicyclic) bond motifs is 2. The second-order valence-electron chi connectivity index (χ2n) is 9.38. The quantitative estimate of drug-likeness (QED) is 0.330. The lowest BCUT2D eigenvalue weighted by molar-refractivity contribution is 0.294. The summed E-state index contributed by atoms with van der Waals surface area (Å²) in [5.74, 6) is 0.715. The SMILES string of the molecule is Cc1ccc2cn[nH]c2c1-c1c(Cl)cc2c(N3CCNCC3C)nc(OCCc3ncccn3)nc2c1F. The number of anilines is 1. The first-order valence-corrected chi connectivity index (χ1v) is 12.9. The first-order chi connectivity index (χ1) is 18.5. The summed E-state index contributed by atoms with van der Waals surface area (Å²) in [7, 11) is 0. The molecule has 1 fully saturated rings. The average Bonchev–Trinajstić information content (AvgIpc) is 3.40. The molecule has 5 aromatic rings. The predicted molar refractivity (Wildman–Crippen MR) is 145 cm³/mol. The minimum atomic E-state index is -0.527. The number of nitrogens with one attached hydrogen (secondary N) is 2. The van der Waals surface area contributed by atoms with E-state index in [0.717, 1.165) is 29.6 Å². The third kappa shape index (κ3) is 4.39. The fourth-order valence-electron chi connectivity index (χ4n) is 4.96. The van der Waals surface area contributed by atoms with E-state index in [0.29, 0.717) is 35.6 Å². The van der Waals surface area contributed by atoms with E-state index in [1.807, 2.05) is 19.1 Å². The number of benzene rings is 2. The predicted octanol–water partition coefficient (Wildman–Crippen LogP) is 4.48. The van der Waals surface area contributed by atoms with Gasteiger partial charge >= 0.3 is 6.01 Å². The van der Waals surface area contributed by atoms with Crippen LogP contribution in [-0.4, -0.2) is 62.4 Å². The van der Waals surface area contributed by atoms with Gasteiger partial charge < -0.3 is 15.0 Å². The summed E-state index contributed by atoms with van der Waals surface area (Å²) < 4.78 is 22.5. The first-order valence-electron chi connectivity index (χ1n) is 12.5. The Balaban J connectivity index is 1.50. The van der Waals surface area contributed by atoms with Gasteiger partial charge in [-0.15, -0.1) is 0 Å². The number of H-pyrrole nitrogens is 1. The summed E-state index contributed by atoms with van der Waals surface area (Å²) >= 11 is 6.82. The van der Waals surface area contributed by atoms with Gasteiger partial charge in [0.25, 0.3) is 0 Å². The molecule has 0 saturated carbocycles. The number of aryl methyl sites for hydroxylation is 1. The second kappa shape index (κ2) is 10.1. The standard InChI is InChI=1S/C27H26ClFN8O/c1-15-4-5-17-14-33-36-24(17)21(15)22-19(28)12-18-25(23(22)29)34-27(38-11-6-20-31-7-3-8-32-20)35-26(18)37-10-9-30-13-16(37)2/h3-5,7-8,12,14,16,30H,6,9-11,13H2,1-2H3,(H,33,36). The lowest BCUT2D eigenvalue weighted by Gasteiger charge is -2.35. The van der Waals surface area contributed by atoms with Crippen LogP contribution >= 0.6 is 11.6 Å². The molecule has 0 aliphatic carbocycles. The number of piperazine rings is 1. The molecule has 6 rings (SSSR count). The van der Waals surface area contributed by atoms with Gasteiger partial charge in [-0.2, -0.15) is 15.1 Å². The number of hydrogen-bond acceptors (Lipinski definition) is 8. The molecule has 2 aromatic carbocycles. The molecule has 0 amide bonds. The van der Waals surface area contributed by atoms with Crippen molar-refractivity contribution in [1.82, 2.24) is 35.5 Å². The number of aromatic nitrogens is 6. The van der Waals surface area contributed by atoms with Gasteiger partial charge in [-0.3, -0.25) is 5.10 Å². The van der Waals surface area contributed by atoms with E-state index in [-0.39, 0.29) is 34.8 Å². The molecule has 0 bridgehead atoms. The fourth-order valence-corrected chi connectivity index (χ4v) is 5.25. The van der Waals surface area contributed by atoms with Gasteiger partial charge in [-0.05, 0) is 31.5 Å². The van der Waals surface area contributed by atoms with Crippen molar-refractivity contribution in [3.05, 3.63) is 65.1 Å². The minimum Gasteiger partial charge on any atom is -0.463 e. The lowest BCUT2D eigenvalue weighted by Crippen LogP contribution is -2.50. The Bertz CT molecular complexity index is 1630. The van der Waals surface area contributed by atoms with Crippen LogP contribution in [0.25, 0.3) is 32.9 Å². The van der Waals surface area contributed by atoms with Gasteiger partial charge in [-0.1, -0.05) is 23.7 Å². The molecule has 194 valence electrons. The summed E-state index contributed by atoms with van der Waals surface area (Å²) in [6.07, 6.45) is 5.54. The van der Waals surface area contributed by atoms with Crippen LogP contribution in [0.15, 0.2) is 42.9 Å². The normalized spacial score (nSPS) is 15.9. The lowest BCUT2D eigenvalue weighted by atomic mass is 9.96. The monoisotopic (exact) mass is 532 g/mol. The van der Waals surface area contributed by atoms with Gasteiger partial charge in [0, 0.05) is 66.4 Å². The Hall–Kier alpha value is -3.89. The molecule has 1 atom stereocenters. The highest BCUT2D eigenvalue weighted by atomic mass is 35.5. The smallest absolute Gasteiger partial charge is 0.319 e. The molecule has 4 heterocycles. The molecule has 3 aromatic heterocycles. The van der Waals surface area contributed by atoms with Crippen molar-refractivity contribution in [2.45, 2.75) is 26.3 Å². The van der Waals surface area contributed by atoms with Crippen LogP contribution in [-0.2, 0) is 6.42 Å². The number of nitrogens with zero attached hydrogens (tertiary/aromatic N) is 6. The highest BCUT2D eigenvalue weighted by molar-refractivity contribution is 6.35. The zero-order valence-corrected chi connectivity index (χ0v) is 21.8. The van der Waals surface area contributed by atoms with Crippen LogP contribution in [0.2, 0.25) is 5.02 Å². The average molecular weight is 533 g/mol. The van der Waals surface area contributed by atoms with E-state index in [1.54, 1.807) is 30.7 Å². The van der Waals surface area contributed by atoms with Crippen LogP contribution in [0.5, 0.6) is 6.01 Å². The van der Waals surface area contributed by atoms with E-state index in [4.69, 9.17) is 21.3 Å². The van der Waals surface area contributed by atoms with E-state index >= 15 is 4.39 Å². The molecule has 1 unspecified atom stereocenters. The maximum Gasteiger partial charge on any atom is 0.319 e. The molecule has 1 saturated heterocycles. The van der Waals surface area contributed by atoms with Gasteiger partial charge in [0.15, 0.2) is 5.82 Å². The highest BCUT2D eigenvalue weighted by Gasteiger charge is 2.27. The van der Waals surface area contributed by atoms with Crippen LogP contribution in [0, 0.1) is 12.7 Å². The van der Waals surface area contributed by atoms with E-state index in [9.17, 15) is 0 Å². The summed E-state index contributed by atoms with van der Waals surface area (Å²) in [5.41, 5.74) is 2.67. The summed E-state index contributed by atoms with van der Waals surface area (Å²) in [4.78, 5) is 19.9. The zero-order chi connectivity index (χ0) is 26.2. The fraction of sp³-hybridized carbons (Fsp3) is 0.296. The van der Waals surface area contributed by atoms with Gasteiger partial charge in [0.1, 0.15) is 17.2 Å². The maximum absolute atomic E-state index is 16.5. The molecule has 0 radical (unpaired) electrons. The van der Waals surface area contributed by atoms with Crippen molar-refractivity contribution in [3.63, 3.8) is 0 Å². The molecule has 1 aliphatic heterocycles. The summed E-state index contributed by atoms with van der Waals surface area (Å²) in [5, 5.41) is 12.2. The number of ether oxygens (including phenoxy) is 1. The van der Waals surface area contributed by atoms with Crippen molar-refractivity contribution in [2.24, 2.45) is 0 Å². The van der Waals surface area contributed by atoms with Crippen LogP contribution in [0.3, 0.4) is 0 Å². The Kier molecular flexibility index (Phi) is 6.50. The number of aromatic amines is 1. The summed E-state index contributed by atoms with van der Waals surface area (Å²) in [6, 6.07) is 7.62. The Morgan fingerprint density at radius 3 is 2.84 bits per heavy atom.